The third kappa shape index (κ3) is 7.26. The highest BCUT2D eigenvalue weighted by molar-refractivity contribution is 5.99. The van der Waals surface area contributed by atoms with Gasteiger partial charge < -0.3 is 23.7 Å². The molecule has 3 aromatic carbocycles. The lowest BCUT2D eigenvalue weighted by atomic mass is 9.88. The molecule has 3 aromatic rings. The van der Waals surface area contributed by atoms with Crippen molar-refractivity contribution >= 4 is 17.1 Å². The number of hydrogen-bond donors (Lipinski definition) is 0. The molecule has 2 aliphatic rings. The van der Waals surface area contributed by atoms with Gasteiger partial charge in [0.2, 0.25) is 13.6 Å². The van der Waals surface area contributed by atoms with Crippen LogP contribution in [0.25, 0.3) is 11.1 Å². The number of benzene rings is 3. The standard InChI is InChI=1S/C35H41NO6/c1-5-30(27-12-17-31-32(22-27)41-24-40-31)33(25-8-13-28(14-9-25)38-21-20-36-18-6-7-19-36)26-10-15-29(16-11-26)39-23-42-34(37)35(2,3)4/h8-17,22H,5-7,18-21,23-24H2,1-4H3/b33-30+. The Bertz CT molecular complexity index is 1380. The number of nitrogens with zero attached hydrogens (tertiary/aromatic N) is 1. The van der Waals surface area contributed by atoms with Gasteiger partial charge in [-0.1, -0.05) is 37.3 Å². The first-order chi connectivity index (χ1) is 20.3. The van der Waals surface area contributed by atoms with E-state index in [1.54, 1.807) is 0 Å². The molecule has 0 saturated carbocycles. The van der Waals surface area contributed by atoms with Crippen molar-refractivity contribution in [1.82, 2.24) is 4.90 Å². The molecule has 0 amide bonds. The van der Waals surface area contributed by atoms with Crippen LogP contribution in [0.1, 0.15) is 63.6 Å². The normalized spacial score (nSPS) is 15.3. The molecule has 0 aromatic heterocycles. The minimum absolute atomic E-state index is 0.130. The quantitative estimate of drug-likeness (QED) is 0.137. The van der Waals surface area contributed by atoms with Gasteiger partial charge in [0.25, 0.3) is 0 Å². The van der Waals surface area contributed by atoms with Gasteiger partial charge in [-0.05, 0) is 117 Å². The van der Waals surface area contributed by atoms with Gasteiger partial charge in [0.1, 0.15) is 18.1 Å². The molecule has 42 heavy (non-hydrogen) atoms. The lowest BCUT2D eigenvalue weighted by molar-refractivity contribution is -0.159. The van der Waals surface area contributed by atoms with Crippen molar-refractivity contribution in [3.63, 3.8) is 0 Å². The van der Waals surface area contributed by atoms with Crippen LogP contribution >= 0.6 is 0 Å². The maximum absolute atomic E-state index is 12.1. The Morgan fingerprint density at radius 3 is 2.02 bits per heavy atom. The van der Waals surface area contributed by atoms with E-state index in [9.17, 15) is 4.79 Å². The molecule has 7 nitrogen and oxygen atoms in total. The zero-order chi connectivity index (χ0) is 29.5. The summed E-state index contributed by atoms with van der Waals surface area (Å²) in [4.78, 5) is 14.5. The summed E-state index contributed by atoms with van der Waals surface area (Å²) in [7, 11) is 0. The van der Waals surface area contributed by atoms with Crippen LogP contribution in [-0.4, -0.2) is 50.7 Å². The van der Waals surface area contributed by atoms with Crippen molar-refractivity contribution in [3.8, 4) is 23.0 Å². The summed E-state index contributed by atoms with van der Waals surface area (Å²) >= 11 is 0. The Morgan fingerprint density at radius 2 is 1.40 bits per heavy atom. The van der Waals surface area contributed by atoms with E-state index in [1.165, 1.54) is 31.5 Å². The first-order valence-electron chi connectivity index (χ1n) is 14.8. The summed E-state index contributed by atoms with van der Waals surface area (Å²) in [6.07, 6.45) is 3.37. The number of rotatable bonds is 11. The molecule has 0 bridgehead atoms. The lowest BCUT2D eigenvalue weighted by Crippen LogP contribution is -2.25. The predicted molar refractivity (Wildman–Crippen MR) is 164 cm³/mol. The van der Waals surface area contributed by atoms with E-state index in [-0.39, 0.29) is 19.6 Å². The second kappa shape index (κ2) is 13.3. The summed E-state index contributed by atoms with van der Waals surface area (Å²) in [6, 6.07) is 22.4. The molecule has 7 heteroatoms. The number of fused-ring (bicyclic) bond motifs is 1. The number of hydrogen-bond acceptors (Lipinski definition) is 7. The second-order valence-electron chi connectivity index (χ2n) is 11.7. The third-order valence-electron chi connectivity index (χ3n) is 7.57. The molecule has 0 aliphatic carbocycles. The van der Waals surface area contributed by atoms with Gasteiger partial charge in [0.15, 0.2) is 11.5 Å². The summed E-state index contributed by atoms with van der Waals surface area (Å²) in [6.45, 7) is 11.7. The Balaban J connectivity index is 1.39. The van der Waals surface area contributed by atoms with Gasteiger partial charge in [0, 0.05) is 6.54 Å². The average Bonchev–Trinajstić information content (AvgIpc) is 3.68. The van der Waals surface area contributed by atoms with Crippen molar-refractivity contribution in [3.05, 3.63) is 83.4 Å². The largest absolute Gasteiger partial charge is 0.492 e. The number of carbonyl (C=O) groups is 1. The number of carbonyl (C=O) groups excluding carboxylic acids is 1. The van der Waals surface area contributed by atoms with E-state index in [4.69, 9.17) is 23.7 Å². The van der Waals surface area contributed by atoms with Crippen molar-refractivity contribution in [2.75, 3.05) is 39.8 Å². The topological polar surface area (TPSA) is 66.5 Å². The minimum Gasteiger partial charge on any atom is -0.492 e. The van der Waals surface area contributed by atoms with E-state index in [0.717, 1.165) is 52.5 Å². The van der Waals surface area contributed by atoms with Crippen LogP contribution in [0.15, 0.2) is 66.7 Å². The van der Waals surface area contributed by atoms with Gasteiger partial charge in [0.05, 0.1) is 5.41 Å². The molecule has 0 spiro atoms. The lowest BCUT2D eigenvalue weighted by Gasteiger charge is -2.18. The predicted octanol–water partition coefficient (Wildman–Crippen LogP) is 7.18. The van der Waals surface area contributed by atoms with Crippen LogP contribution in [0, 0.1) is 5.41 Å². The minimum atomic E-state index is -0.577. The van der Waals surface area contributed by atoms with Crippen LogP contribution in [0.2, 0.25) is 0 Å². The zero-order valence-electron chi connectivity index (χ0n) is 25.1. The molecule has 222 valence electrons. The zero-order valence-corrected chi connectivity index (χ0v) is 25.1. The molecular formula is C35H41NO6. The first-order valence-corrected chi connectivity index (χ1v) is 14.8. The Hall–Kier alpha value is -3.97. The first kappa shape index (κ1) is 29.5. The van der Waals surface area contributed by atoms with Crippen LogP contribution in [0.4, 0.5) is 0 Å². The fourth-order valence-electron chi connectivity index (χ4n) is 5.23. The summed E-state index contributed by atoms with van der Waals surface area (Å²) in [5.74, 6) is 2.71. The van der Waals surface area contributed by atoms with E-state index >= 15 is 0 Å². The molecule has 1 fully saturated rings. The number of esters is 1. The number of likely N-dealkylation sites (tertiary alicyclic amines) is 1. The van der Waals surface area contributed by atoms with Gasteiger partial charge in [-0.3, -0.25) is 9.69 Å². The summed E-state index contributed by atoms with van der Waals surface area (Å²) in [5.41, 5.74) is 4.94. The molecule has 5 rings (SSSR count). The maximum atomic E-state index is 12.1. The van der Waals surface area contributed by atoms with E-state index < -0.39 is 5.41 Å². The smallest absolute Gasteiger partial charge is 0.314 e. The van der Waals surface area contributed by atoms with Gasteiger partial charge in [-0.25, -0.2) is 0 Å². The highest BCUT2D eigenvalue weighted by Crippen LogP contribution is 2.40. The average molecular weight is 572 g/mol. The third-order valence-corrected chi connectivity index (χ3v) is 7.57. The molecule has 0 radical (unpaired) electrons. The van der Waals surface area contributed by atoms with E-state index in [1.807, 2.05) is 63.2 Å². The number of allylic oxidation sites excluding steroid dienone is 1. The Labute approximate surface area is 249 Å². The monoisotopic (exact) mass is 571 g/mol. The Morgan fingerprint density at radius 1 is 0.810 bits per heavy atom. The second-order valence-corrected chi connectivity index (χ2v) is 11.7. The van der Waals surface area contributed by atoms with Crippen LogP contribution in [0.3, 0.4) is 0 Å². The summed E-state index contributed by atoms with van der Waals surface area (Å²) < 4.78 is 28.3. The molecular weight excluding hydrogens is 530 g/mol. The van der Waals surface area contributed by atoms with Gasteiger partial charge >= 0.3 is 5.97 Å². The van der Waals surface area contributed by atoms with Crippen molar-refractivity contribution in [2.24, 2.45) is 5.41 Å². The van der Waals surface area contributed by atoms with Crippen molar-refractivity contribution in [1.29, 1.82) is 0 Å². The van der Waals surface area contributed by atoms with Gasteiger partial charge in [-0.2, -0.15) is 0 Å². The summed E-state index contributed by atoms with van der Waals surface area (Å²) in [5, 5.41) is 0. The maximum Gasteiger partial charge on any atom is 0.314 e. The number of ether oxygens (including phenoxy) is 5. The van der Waals surface area contributed by atoms with Gasteiger partial charge in [-0.15, -0.1) is 0 Å². The van der Waals surface area contributed by atoms with Crippen LogP contribution in [-0.2, 0) is 9.53 Å². The molecule has 2 aliphatic heterocycles. The van der Waals surface area contributed by atoms with Crippen LogP contribution in [0.5, 0.6) is 23.0 Å². The molecule has 1 saturated heterocycles. The van der Waals surface area contributed by atoms with E-state index in [2.05, 4.69) is 36.1 Å². The molecule has 0 atom stereocenters. The molecule has 2 heterocycles. The fourth-order valence-corrected chi connectivity index (χ4v) is 5.23. The van der Waals surface area contributed by atoms with E-state index in [0.29, 0.717) is 12.4 Å². The van der Waals surface area contributed by atoms with Crippen molar-refractivity contribution < 1.29 is 28.5 Å². The highest BCUT2D eigenvalue weighted by atomic mass is 16.7. The molecule has 0 unspecified atom stereocenters. The molecule has 0 N–H and O–H groups in total. The highest BCUT2D eigenvalue weighted by Gasteiger charge is 2.23. The van der Waals surface area contributed by atoms with Crippen LogP contribution < -0.4 is 18.9 Å². The van der Waals surface area contributed by atoms with Crippen molar-refractivity contribution in [2.45, 2.75) is 47.0 Å². The fraction of sp³-hybridized carbons (Fsp3) is 0.400. The SMILES string of the molecule is CC/C(=C(/c1ccc(OCCN2CCCC2)cc1)c1ccc(OCOC(=O)C(C)(C)C)cc1)c1ccc2c(c1)OCO2. The Kier molecular flexibility index (Phi) is 9.38.